The molecule has 0 radical (unpaired) electrons. The van der Waals surface area contributed by atoms with Gasteiger partial charge in [0.2, 0.25) is 0 Å². The van der Waals surface area contributed by atoms with Gasteiger partial charge in [-0.05, 0) is 32.1 Å². The van der Waals surface area contributed by atoms with Gasteiger partial charge in [-0.15, -0.1) is 0 Å². The second-order valence-corrected chi connectivity index (χ2v) is 5.88. The molecule has 0 unspecified atom stereocenters. The number of hydrogen-bond acceptors (Lipinski definition) is 3. The van der Waals surface area contributed by atoms with Gasteiger partial charge < -0.3 is 9.47 Å². The summed E-state index contributed by atoms with van der Waals surface area (Å²) in [6.45, 7) is 4.11. The third kappa shape index (κ3) is 17.6. The average Bonchev–Trinajstić information content (AvgIpc) is 2.49. The fourth-order valence-corrected chi connectivity index (χ4v) is 2.18. The zero-order valence-electron chi connectivity index (χ0n) is 13.4. The number of hydrogen-bond donors (Lipinski definition) is 0. The van der Waals surface area contributed by atoms with E-state index in [0.717, 1.165) is 44.0 Å². The van der Waals surface area contributed by atoms with Gasteiger partial charge in [0.25, 0.3) is 0 Å². The Kier molecular flexibility index (Phi) is 17.4. The Labute approximate surface area is 138 Å². The fourth-order valence-electron chi connectivity index (χ4n) is 1.78. The minimum absolute atomic E-state index is 0.0954. The Morgan fingerprint density at radius 3 is 2.48 bits per heavy atom. The van der Waals surface area contributed by atoms with Crippen LogP contribution in [0.2, 0.25) is 0 Å². The lowest BCUT2D eigenvalue weighted by Gasteiger charge is -2.05. The molecule has 0 spiro atoms. The first-order valence-electron chi connectivity index (χ1n) is 8.25. The van der Waals surface area contributed by atoms with Gasteiger partial charge in [0.1, 0.15) is 0 Å². The van der Waals surface area contributed by atoms with E-state index in [2.05, 4.69) is 35.0 Å². The molecular formula is C17H31BrO3. The fraction of sp³-hybridized carbons (Fsp3) is 0.824. The van der Waals surface area contributed by atoms with Crippen LogP contribution in [-0.4, -0.2) is 31.1 Å². The summed E-state index contributed by atoms with van der Waals surface area (Å²) in [5.41, 5.74) is 0. The minimum atomic E-state index is -0.0954. The number of unbranched alkanes of at least 4 members (excludes halogenated alkanes) is 4. The molecule has 0 aliphatic rings. The number of esters is 1. The maximum absolute atomic E-state index is 11.4. The molecule has 0 saturated carbocycles. The molecule has 0 aromatic heterocycles. The number of rotatable bonds is 15. The van der Waals surface area contributed by atoms with E-state index in [1.807, 2.05) is 0 Å². The largest absolute Gasteiger partial charge is 0.466 e. The van der Waals surface area contributed by atoms with E-state index in [1.165, 1.54) is 19.3 Å². The number of allylic oxidation sites excluding steroid dienone is 1. The van der Waals surface area contributed by atoms with Crippen molar-refractivity contribution in [1.82, 2.24) is 0 Å². The van der Waals surface area contributed by atoms with Gasteiger partial charge in [-0.1, -0.05) is 54.3 Å². The van der Waals surface area contributed by atoms with Crippen molar-refractivity contribution in [1.29, 1.82) is 0 Å². The Hall–Kier alpha value is -0.350. The standard InChI is InChI=1S/C17H31BrO3/c1-2-3-4-6-9-14-20-15-11-12-17(19)21-16-10-7-5-8-13-18/h4,6H,2-3,5,7-16H2,1H3/b6-4-. The van der Waals surface area contributed by atoms with Gasteiger partial charge in [-0.3, -0.25) is 4.79 Å². The van der Waals surface area contributed by atoms with E-state index in [-0.39, 0.29) is 5.97 Å². The molecule has 0 atom stereocenters. The predicted molar refractivity (Wildman–Crippen MR) is 91.9 cm³/mol. The van der Waals surface area contributed by atoms with Gasteiger partial charge in [-0.25, -0.2) is 0 Å². The predicted octanol–water partition coefficient (Wildman–Crippen LogP) is 5.03. The summed E-state index contributed by atoms with van der Waals surface area (Å²) in [7, 11) is 0. The van der Waals surface area contributed by atoms with E-state index in [1.54, 1.807) is 0 Å². The van der Waals surface area contributed by atoms with Crippen molar-refractivity contribution >= 4 is 21.9 Å². The van der Waals surface area contributed by atoms with Crippen molar-refractivity contribution < 1.29 is 14.3 Å². The lowest BCUT2D eigenvalue weighted by molar-refractivity contribution is -0.144. The van der Waals surface area contributed by atoms with Crippen molar-refractivity contribution in [3.8, 4) is 0 Å². The van der Waals surface area contributed by atoms with E-state index in [4.69, 9.17) is 9.47 Å². The van der Waals surface area contributed by atoms with Crippen LogP contribution in [0.4, 0.5) is 0 Å². The van der Waals surface area contributed by atoms with Crippen LogP contribution in [0.5, 0.6) is 0 Å². The SMILES string of the molecule is CCC/C=C\CCOCCCC(=O)OCCCCCCBr. The molecule has 0 amide bonds. The second kappa shape index (κ2) is 17.7. The van der Waals surface area contributed by atoms with E-state index in [9.17, 15) is 4.79 Å². The maximum atomic E-state index is 11.4. The van der Waals surface area contributed by atoms with Crippen LogP contribution in [0, 0.1) is 0 Å². The maximum Gasteiger partial charge on any atom is 0.305 e. The minimum Gasteiger partial charge on any atom is -0.466 e. The van der Waals surface area contributed by atoms with Crippen LogP contribution < -0.4 is 0 Å². The molecule has 0 fully saturated rings. The quantitative estimate of drug-likeness (QED) is 0.177. The molecule has 0 bridgehead atoms. The first-order chi connectivity index (χ1) is 10.3. The summed E-state index contributed by atoms with van der Waals surface area (Å²) in [5, 5.41) is 1.06. The lowest BCUT2D eigenvalue weighted by Crippen LogP contribution is -2.07. The molecule has 0 aliphatic heterocycles. The highest BCUT2D eigenvalue weighted by Crippen LogP contribution is 2.03. The van der Waals surface area contributed by atoms with Crippen LogP contribution in [-0.2, 0) is 14.3 Å². The molecule has 3 nitrogen and oxygen atoms in total. The highest BCUT2D eigenvalue weighted by atomic mass is 79.9. The monoisotopic (exact) mass is 362 g/mol. The summed E-state index contributed by atoms with van der Waals surface area (Å²) in [6, 6.07) is 0. The average molecular weight is 363 g/mol. The third-order valence-corrected chi connectivity index (χ3v) is 3.57. The molecule has 0 aromatic rings. The van der Waals surface area contributed by atoms with Crippen molar-refractivity contribution in [3.63, 3.8) is 0 Å². The molecular weight excluding hydrogens is 332 g/mol. The highest BCUT2D eigenvalue weighted by Gasteiger charge is 2.02. The molecule has 0 rings (SSSR count). The van der Waals surface area contributed by atoms with Crippen LogP contribution in [0.3, 0.4) is 0 Å². The Balaban J connectivity index is 3.19. The van der Waals surface area contributed by atoms with Gasteiger partial charge in [0, 0.05) is 18.4 Å². The Morgan fingerprint density at radius 1 is 0.952 bits per heavy atom. The molecule has 0 heterocycles. The summed E-state index contributed by atoms with van der Waals surface area (Å²) < 4.78 is 10.6. The van der Waals surface area contributed by atoms with Crippen LogP contribution in [0.1, 0.15) is 64.7 Å². The van der Waals surface area contributed by atoms with Crippen LogP contribution >= 0.6 is 15.9 Å². The van der Waals surface area contributed by atoms with E-state index >= 15 is 0 Å². The first kappa shape index (κ1) is 20.6. The van der Waals surface area contributed by atoms with Gasteiger partial charge in [0.05, 0.1) is 13.2 Å². The summed E-state index contributed by atoms with van der Waals surface area (Å²) in [6.07, 6.45) is 13.4. The Morgan fingerprint density at radius 2 is 1.71 bits per heavy atom. The van der Waals surface area contributed by atoms with Gasteiger partial charge in [0.15, 0.2) is 0 Å². The topological polar surface area (TPSA) is 35.5 Å². The summed E-state index contributed by atoms with van der Waals surface area (Å²) in [5.74, 6) is -0.0954. The molecule has 0 N–H and O–H groups in total. The van der Waals surface area contributed by atoms with E-state index in [0.29, 0.717) is 19.6 Å². The molecule has 0 saturated heterocycles. The number of ether oxygens (including phenoxy) is 2. The Bertz CT molecular complexity index is 254. The molecule has 21 heavy (non-hydrogen) atoms. The van der Waals surface area contributed by atoms with Crippen molar-refractivity contribution in [2.75, 3.05) is 25.2 Å². The number of alkyl halides is 1. The van der Waals surface area contributed by atoms with E-state index < -0.39 is 0 Å². The van der Waals surface area contributed by atoms with Gasteiger partial charge in [-0.2, -0.15) is 0 Å². The third-order valence-electron chi connectivity index (χ3n) is 3.01. The van der Waals surface area contributed by atoms with Crippen molar-refractivity contribution in [3.05, 3.63) is 12.2 Å². The molecule has 4 heteroatoms. The second-order valence-electron chi connectivity index (χ2n) is 5.09. The smallest absolute Gasteiger partial charge is 0.305 e. The van der Waals surface area contributed by atoms with Crippen molar-refractivity contribution in [2.45, 2.75) is 64.7 Å². The normalized spacial score (nSPS) is 11.1. The summed E-state index contributed by atoms with van der Waals surface area (Å²) in [4.78, 5) is 11.4. The summed E-state index contributed by atoms with van der Waals surface area (Å²) >= 11 is 3.40. The van der Waals surface area contributed by atoms with Crippen LogP contribution in [0.25, 0.3) is 0 Å². The number of carbonyl (C=O) groups is 1. The van der Waals surface area contributed by atoms with Gasteiger partial charge >= 0.3 is 5.97 Å². The highest BCUT2D eigenvalue weighted by molar-refractivity contribution is 9.09. The molecule has 0 aliphatic carbocycles. The lowest BCUT2D eigenvalue weighted by atomic mass is 10.2. The van der Waals surface area contributed by atoms with Crippen LogP contribution in [0.15, 0.2) is 12.2 Å². The first-order valence-corrected chi connectivity index (χ1v) is 9.37. The molecule has 0 aromatic carbocycles. The zero-order chi connectivity index (χ0) is 15.6. The number of carbonyl (C=O) groups excluding carboxylic acids is 1. The van der Waals surface area contributed by atoms with Crippen molar-refractivity contribution in [2.24, 2.45) is 0 Å². The molecule has 124 valence electrons. The number of halogens is 1. The zero-order valence-corrected chi connectivity index (χ0v) is 15.0.